The molecule has 0 saturated carbocycles. The molecular formula is C19H21N3O. The molecule has 2 N–H and O–H groups in total. The van der Waals surface area contributed by atoms with Crippen LogP contribution in [-0.2, 0) is 11.2 Å². The summed E-state index contributed by atoms with van der Waals surface area (Å²) in [4.78, 5) is 13.6. The molecule has 23 heavy (non-hydrogen) atoms. The molecule has 2 rings (SSSR count). The summed E-state index contributed by atoms with van der Waals surface area (Å²) in [5, 5.41) is 10.5. The summed E-state index contributed by atoms with van der Waals surface area (Å²) in [6.45, 7) is 6.68. The predicted octanol–water partition coefficient (Wildman–Crippen LogP) is 2.69. The van der Waals surface area contributed by atoms with Crippen molar-refractivity contribution in [3.63, 3.8) is 0 Å². The molecule has 1 aromatic rings. The number of benzene rings is 1. The van der Waals surface area contributed by atoms with Crippen molar-refractivity contribution in [2.75, 3.05) is 23.8 Å². The molecule has 0 atom stereocenters. The topological polar surface area (TPSA) is 56.2 Å². The fourth-order valence-corrected chi connectivity index (χ4v) is 2.20. The Morgan fingerprint density at radius 1 is 1.30 bits per heavy atom. The van der Waals surface area contributed by atoms with Gasteiger partial charge in [-0.15, -0.1) is 0 Å². The van der Waals surface area contributed by atoms with Crippen LogP contribution in [0.25, 0.3) is 0 Å². The van der Waals surface area contributed by atoms with Crippen LogP contribution >= 0.6 is 0 Å². The van der Waals surface area contributed by atoms with Crippen molar-refractivity contribution in [1.82, 2.24) is 0 Å². The maximum atomic E-state index is 11.6. The van der Waals surface area contributed by atoms with Gasteiger partial charge in [-0.05, 0) is 44.7 Å². The second kappa shape index (κ2) is 6.58. The third-order valence-corrected chi connectivity index (χ3v) is 3.34. The van der Waals surface area contributed by atoms with E-state index in [2.05, 4.69) is 29.0 Å². The van der Waals surface area contributed by atoms with E-state index >= 15 is 0 Å². The molecule has 1 aromatic carbocycles. The Bertz CT molecular complexity index is 764. The van der Waals surface area contributed by atoms with Gasteiger partial charge in [0.15, 0.2) is 0 Å². The third-order valence-electron chi connectivity index (χ3n) is 3.34. The van der Waals surface area contributed by atoms with E-state index in [4.69, 9.17) is 5.41 Å². The number of hydrogen-bond acceptors (Lipinski definition) is 3. The Balaban J connectivity index is 2.15. The molecule has 4 nitrogen and oxygen atoms in total. The van der Waals surface area contributed by atoms with E-state index < -0.39 is 0 Å². The van der Waals surface area contributed by atoms with Crippen LogP contribution in [0.4, 0.5) is 11.4 Å². The summed E-state index contributed by atoms with van der Waals surface area (Å²) in [7, 11) is 1.95. The fraction of sp³-hybridized carbons (Fsp3) is 0.368. The molecule has 0 radical (unpaired) electrons. The van der Waals surface area contributed by atoms with Gasteiger partial charge in [-0.1, -0.05) is 17.9 Å². The van der Waals surface area contributed by atoms with Crippen molar-refractivity contribution in [3.05, 3.63) is 23.8 Å². The van der Waals surface area contributed by atoms with Gasteiger partial charge in [0.05, 0.1) is 6.54 Å². The summed E-state index contributed by atoms with van der Waals surface area (Å²) in [5.41, 5.74) is 2.75. The number of rotatable bonds is 2. The predicted molar refractivity (Wildman–Crippen MR) is 94.8 cm³/mol. The van der Waals surface area contributed by atoms with Crippen molar-refractivity contribution in [3.8, 4) is 23.7 Å². The molecule has 118 valence electrons. The first kappa shape index (κ1) is 16.6. The Morgan fingerprint density at radius 2 is 2.04 bits per heavy atom. The molecule has 1 aliphatic rings. The van der Waals surface area contributed by atoms with E-state index in [1.807, 2.05) is 50.9 Å². The number of hydrogen-bond donors (Lipinski definition) is 2. The molecule has 0 fully saturated rings. The molecule has 1 amide bonds. The molecule has 0 aliphatic carbocycles. The minimum absolute atomic E-state index is 0.0440. The third kappa shape index (κ3) is 4.37. The van der Waals surface area contributed by atoms with Crippen LogP contribution in [0.5, 0.6) is 0 Å². The van der Waals surface area contributed by atoms with Gasteiger partial charge in [0.25, 0.3) is 5.91 Å². The summed E-state index contributed by atoms with van der Waals surface area (Å²) < 4.78 is 0. The Labute approximate surface area is 137 Å². The molecular weight excluding hydrogens is 286 g/mol. The zero-order chi connectivity index (χ0) is 17.0. The zero-order valence-electron chi connectivity index (χ0n) is 14.0. The van der Waals surface area contributed by atoms with E-state index in [0.717, 1.165) is 16.9 Å². The molecule has 0 bridgehead atoms. The van der Waals surface area contributed by atoms with E-state index in [9.17, 15) is 4.79 Å². The molecule has 0 unspecified atom stereocenters. The van der Waals surface area contributed by atoms with Gasteiger partial charge in [0, 0.05) is 35.8 Å². The number of fused-ring (bicyclic) bond motifs is 1. The molecule has 0 aromatic heterocycles. The second-order valence-electron chi connectivity index (χ2n) is 6.57. The molecule has 0 spiro atoms. The number of carbonyl (C=O) groups excluding carboxylic acids is 1. The zero-order valence-corrected chi connectivity index (χ0v) is 14.0. The van der Waals surface area contributed by atoms with Crippen LogP contribution in [-0.4, -0.2) is 25.2 Å². The highest BCUT2D eigenvalue weighted by molar-refractivity contribution is 6.44. The number of anilines is 2. The van der Waals surface area contributed by atoms with Crippen LogP contribution < -0.4 is 10.2 Å². The number of nitrogens with zero attached hydrogens (tertiary/aromatic N) is 1. The highest BCUT2D eigenvalue weighted by Crippen LogP contribution is 2.30. The van der Waals surface area contributed by atoms with Gasteiger partial charge in [-0.25, -0.2) is 0 Å². The lowest BCUT2D eigenvalue weighted by atomic mass is 9.98. The van der Waals surface area contributed by atoms with Crippen molar-refractivity contribution < 1.29 is 4.79 Å². The van der Waals surface area contributed by atoms with Crippen LogP contribution in [0.15, 0.2) is 18.2 Å². The van der Waals surface area contributed by atoms with Gasteiger partial charge in [0.1, 0.15) is 5.71 Å². The Kier molecular flexibility index (Phi) is 4.77. The molecule has 1 aliphatic heterocycles. The van der Waals surface area contributed by atoms with Crippen LogP contribution in [0.2, 0.25) is 0 Å². The Hall–Kier alpha value is -2.72. The van der Waals surface area contributed by atoms with E-state index in [-0.39, 0.29) is 17.0 Å². The van der Waals surface area contributed by atoms with Crippen molar-refractivity contribution in [2.45, 2.75) is 27.2 Å². The maximum absolute atomic E-state index is 11.6. The fourth-order valence-electron chi connectivity index (χ4n) is 2.20. The first-order valence-electron chi connectivity index (χ1n) is 7.50. The normalized spacial score (nSPS) is 13.0. The van der Waals surface area contributed by atoms with Gasteiger partial charge in [-0.3, -0.25) is 10.2 Å². The summed E-state index contributed by atoms with van der Waals surface area (Å²) in [6, 6.07) is 5.73. The van der Waals surface area contributed by atoms with Gasteiger partial charge >= 0.3 is 0 Å². The number of amides is 1. The van der Waals surface area contributed by atoms with E-state index in [1.54, 1.807) is 0 Å². The number of nitrogens with one attached hydrogen (secondary N) is 2. The highest BCUT2D eigenvalue weighted by atomic mass is 16.1. The van der Waals surface area contributed by atoms with Crippen molar-refractivity contribution in [2.24, 2.45) is 5.41 Å². The van der Waals surface area contributed by atoms with Gasteiger partial charge < -0.3 is 10.2 Å². The van der Waals surface area contributed by atoms with E-state index in [1.165, 1.54) is 0 Å². The molecule has 0 saturated heterocycles. The SMILES string of the molecule is CN(CC#CC#CC(C)(C)C)c1cccc2c1CC(=N)C(=O)N2. The first-order valence-corrected chi connectivity index (χ1v) is 7.50. The van der Waals surface area contributed by atoms with Crippen LogP contribution in [0.3, 0.4) is 0 Å². The van der Waals surface area contributed by atoms with Crippen molar-refractivity contribution >= 4 is 23.0 Å². The average molecular weight is 307 g/mol. The summed E-state index contributed by atoms with van der Waals surface area (Å²) >= 11 is 0. The molecule has 1 heterocycles. The van der Waals surface area contributed by atoms with Crippen molar-refractivity contribution in [1.29, 1.82) is 5.41 Å². The average Bonchev–Trinajstić information content (AvgIpc) is 2.46. The smallest absolute Gasteiger partial charge is 0.269 e. The van der Waals surface area contributed by atoms with Gasteiger partial charge in [0.2, 0.25) is 0 Å². The second-order valence-corrected chi connectivity index (χ2v) is 6.57. The minimum Gasteiger partial charge on any atom is -0.363 e. The van der Waals surface area contributed by atoms with Crippen LogP contribution in [0, 0.1) is 34.5 Å². The first-order chi connectivity index (χ1) is 10.8. The number of carbonyl (C=O) groups is 1. The largest absolute Gasteiger partial charge is 0.363 e. The lowest BCUT2D eigenvalue weighted by Gasteiger charge is -2.25. The monoisotopic (exact) mass is 307 g/mol. The van der Waals surface area contributed by atoms with E-state index in [0.29, 0.717) is 13.0 Å². The standard InChI is InChI=1S/C19H21N3O/c1-19(2,3)11-6-5-7-12-22(4)17-10-8-9-16-14(17)13-15(20)18(23)21-16/h8-10,20H,12-13H2,1-4H3,(H,21,23). The maximum Gasteiger partial charge on any atom is 0.269 e. The quantitative estimate of drug-likeness (QED) is 0.825. The highest BCUT2D eigenvalue weighted by Gasteiger charge is 2.23. The minimum atomic E-state index is -0.324. The lowest BCUT2D eigenvalue weighted by Crippen LogP contribution is -2.31. The Morgan fingerprint density at radius 3 is 2.74 bits per heavy atom. The molecule has 4 heteroatoms. The lowest BCUT2D eigenvalue weighted by molar-refractivity contribution is -0.110. The summed E-state index contributed by atoms with van der Waals surface area (Å²) in [5.74, 6) is 11.6. The van der Waals surface area contributed by atoms with Crippen LogP contribution in [0.1, 0.15) is 26.3 Å². The summed E-state index contributed by atoms with van der Waals surface area (Å²) in [6.07, 6.45) is 0.346. The van der Waals surface area contributed by atoms with Gasteiger partial charge in [-0.2, -0.15) is 0 Å².